The molecule has 0 atom stereocenters. The predicted octanol–water partition coefficient (Wildman–Crippen LogP) is 1.17. The summed E-state index contributed by atoms with van der Waals surface area (Å²) < 4.78 is 64.2. The molecule has 0 radical (unpaired) electrons. The van der Waals surface area contributed by atoms with Crippen LogP contribution in [0.15, 0.2) is 52.3 Å². The van der Waals surface area contributed by atoms with Gasteiger partial charge < -0.3 is 14.4 Å². The van der Waals surface area contributed by atoms with E-state index < -0.39 is 26.0 Å². The zero-order valence-corrected chi connectivity index (χ0v) is 21.2. The van der Waals surface area contributed by atoms with E-state index in [0.717, 1.165) is 9.87 Å². The van der Waals surface area contributed by atoms with Crippen molar-refractivity contribution in [2.24, 2.45) is 0 Å². The molecular weight excluding hydrogens is 482 g/mol. The molecule has 3 rings (SSSR count). The molecular formula is C22H29N3O7S2. The van der Waals surface area contributed by atoms with Crippen LogP contribution in [0.25, 0.3) is 0 Å². The second kappa shape index (κ2) is 10.3. The van der Waals surface area contributed by atoms with Crippen LogP contribution in [0.4, 0.5) is 0 Å². The van der Waals surface area contributed by atoms with Crippen molar-refractivity contribution in [2.75, 3.05) is 54.0 Å². The zero-order valence-electron chi connectivity index (χ0n) is 19.6. The lowest BCUT2D eigenvalue weighted by atomic mass is 10.2. The second-order valence-corrected chi connectivity index (χ2v) is 11.9. The van der Waals surface area contributed by atoms with Gasteiger partial charge in [-0.2, -0.15) is 8.61 Å². The molecule has 0 saturated carbocycles. The van der Waals surface area contributed by atoms with Crippen LogP contribution in [0, 0.1) is 6.92 Å². The van der Waals surface area contributed by atoms with Gasteiger partial charge in [-0.3, -0.25) is 4.79 Å². The lowest BCUT2D eigenvalue weighted by molar-refractivity contribution is -0.132. The summed E-state index contributed by atoms with van der Waals surface area (Å²) in [6.45, 7) is 2.12. The Balaban J connectivity index is 1.64. The monoisotopic (exact) mass is 511 g/mol. The third-order valence-electron chi connectivity index (χ3n) is 5.67. The first-order chi connectivity index (χ1) is 16.0. The van der Waals surface area contributed by atoms with Crippen molar-refractivity contribution < 1.29 is 31.1 Å². The molecule has 0 bridgehead atoms. The molecule has 186 valence electrons. The van der Waals surface area contributed by atoms with Gasteiger partial charge in [-0.25, -0.2) is 16.8 Å². The van der Waals surface area contributed by atoms with Crippen molar-refractivity contribution in [2.45, 2.75) is 16.7 Å². The average molecular weight is 512 g/mol. The largest absolute Gasteiger partial charge is 0.493 e. The normalized spacial score (nSPS) is 15.4. The molecule has 0 aliphatic carbocycles. The van der Waals surface area contributed by atoms with Crippen LogP contribution in [-0.2, 0) is 24.8 Å². The SMILES string of the molecule is COc1ccc(S(=O)(=O)N(C)CC(=O)N2CCN(S(=O)(=O)c3ccc(C)cc3)CC2)cc1OC. The van der Waals surface area contributed by atoms with Crippen LogP contribution >= 0.6 is 0 Å². The molecule has 0 N–H and O–H groups in total. The van der Waals surface area contributed by atoms with Gasteiger partial charge in [0, 0.05) is 39.3 Å². The maximum absolute atomic E-state index is 13.0. The lowest BCUT2D eigenvalue weighted by Gasteiger charge is -2.34. The van der Waals surface area contributed by atoms with Gasteiger partial charge in [-0.1, -0.05) is 17.7 Å². The highest BCUT2D eigenvalue weighted by atomic mass is 32.2. The van der Waals surface area contributed by atoms with E-state index in [1.165, 1.54) is 48.7 Å². The topological polar surface area (TPSA) is 114 Å². The molecule has 1 aliphatic rings. The molecule has 0 aromatic heterocycles. The van der Waals surface area contributed by atoms with Crippen LogP contribution in [-0.4, -0.2) is 90.2 Å². The molecule has 1 saturated heterocycles. The highest BCUT2D eigenvalue weighted by Gasteiger charge is 2.32. The molecule has 2 aromatic rings. The van der Waals surface area contributed by atoms with E-state index in [1.807, 2.05) is 6.92 Å². The number of nitrogens with zero attached hydrogens (tertiary/aromatic N) is 3. The van der Waals surface area contributed by atoms with Gasteiger partial charge in [-0.05, 0) is 31.2 Å². The quantitative estimate of drug-likeness (QED) is 0.523. The Morgan fingerprint density at radius 3 is 2.00 bits per heavy atom. The van der Waals surface area contributed by atoms with Crippen molar-refractivity contribution in [3.8, 4) is 11.5 Å². The second-order valence-electron chi connectivity index (χ2n) is 7.88. The molecule has 0 unspecified atom stereocenters. The van der Waals surface area contributed by atoms with Crippen LogP contribution in [0.2, 0.25) is 0 Å². The van der Waals surface area contributed by atoms with E-state index in [1.54, 1.807) is 24.3 Å². The van der Waals surface area contributed by atoms with Crippen LogP contribution in [0.1, 0.15) is 5.56 Å². The number of likely N-dealkylation sites (N-methyl/N-ethyl adjacent to an activating group) is 1. The Morgan fingerprint density at radius 1 is 0.882 bits per heavy atom. The maximum atomic E-state index is 13.0. The molecule has 1 aliphatic heterocycles. The smallest absolute Gasteiger partial charge is 0.243 e. The number of carbonyl (C=O) groups excluding carboxylic acids is 1. The molecule has 12 heteroatoms. The first-order valence-electron chi connectivity index (χ1n) is 10.5. The molecule has 1 heterocycles. The summed E-state index contributed by atoms with van der Waals surface area (Å²) in [4.78, 5) is 14.4. The molecule has 1 amide bonds. The fraction of sp³-hybridized carbons (Fsp3) is 0.409. The number of amides is 1. The average Bonchev–Trinajstić information content (AvgIpc) is 2.83. The van der Waals surface area contributed by atoms with E-state index in [-0.39, 0.29) is 48.3 Å². The first kappa shape index (κ1) is 25.9. The summed E-state index contributed by atoms with van der Waals surface area (Å²) >= 11 is 0. The van der Waals surface area contributed by atoms with Gasteiger partial charge in [0.15, 0.2) is 11.5 Å². The standard InChI is InChI=1S/C22H29N3O7S2/c1-17-5-7-18(8-6-17)34(29,30)25-13-11-24(12-14-25)22(26)16-23(2)33(27,28)19-9-10-20(31-3)21(15-19)32-4/h5-10,15H,11-14,16H2,1-4H3. The summed E-state index contributed by atoms with van der Waals surface area (Å²) in [6, 6.07) is 10.8. The third-order valence-corrected chi connectivity index (χ3v) is 9.38. The van der Waals surface area contributed by atoms with Crippen LogP contribution in [0.3, 0.4) is 0 Å². The number of aryl methyl sites for hydroxylation is 1. The Bertz CT molecular complexity index is 1240. The summed E-state index contributed by atoms with van der Waals surface area (Å²) in [5.41, 5.74) is 0.960. The number of sulfonamides is 2. The number of hydrogen-bond acceptors (Lipinski definition) is 7. The Kier molecular flexibility index (Phi) is 7.86. The Hall–Kier alpha value is -2.67. The maximum Gasteiger partial charge on any atom is 0.243 e. The molecule has 10 nitrogen and oxygen atoms in total. The van der Waals surface area contributed by atoms with Crippen LogP contribution < -0.4 is 9.47 Å². The van der Waals surface area contributed by atoms with Crippen molar-refractivity contribution in [1.82, 2.24) is 13.5 Å². The number of methoxy groups -OCH3 is 2. The van der Waals surface area contributed by atoms with Gasteiger partial charge in [-0.15, -0.1) is 0 Å². The van der Waals surface area contributed by atoms with Gasteiger partial charge in [0.1, 0.15) is 0 Å². The fourth-order valence-electron chi connectivity index (χ4n) is 3.57. The minimum Gasteiger partial charge on any atom is -0.493 e. The molecule has 34 heavy (non-hydrogen) atoms. The summed E-state index contributed by atoms with van der Waals surface area (Å²) in [5, 5.41) is 0. The summed E-state index contributed by atoms with van der Waals surface area (Å²) in [7, 11) is -3.44. The minimum absolute atomic E-state index is 0.0329. The molecule has 2 aromatic carbocycles. The van der Waals surface area contributed by atoms with Crippen molar-refractivity contribution in [3.05, 3.63) is 48.0 Å². The zero-order chi connectivity index (χ0) is 25.1. The number of benzene rings is 2. The Labute approximate surface area is 200 Å². The highest BCUT2D eigenvalue weighted by Crippen LogP contribution is 2.30. The summed E-state index contributed by atoms with van der Waals surface area (Å²) in [5.74, 6) is 0.242. The number of ether oxygens (including phenoxy) is 2. The Morgan fingerprint density at radius 2 is 1.44 bits per heavy atom. The summed E-state index contributed by atoms with van der Waals surface area (Å²) in [6.07, 6.45) is 0. The van der Waals surface area contributed by atoms with Gasteiger partial charge in [0.05, 0.1) is 30.6 Å². The molecule has 0 spiro atoms. The highest BCUT2D eigenvalue weighted by molar-refractivity contribution is 7.89. The van der Waals surface area contributed by atoms with Crippen molar-refractivity contribution >= 4 is 26.0 Å². The number of carbonyl (C=O) groups is 1. The van der Waals surface area contributed by atoms with E-state index >= 15 is 0 Å². The lowest BCUT2D eigenvalue weighted by Crippen LogP contribution is -2.52. The van der Waals surface area contributed by atoms with Gasteiger partial charge in [0.2, 0.25) is 26.0 Å². The molecule has 1 fully saturated rings. The number of rotatable bonds is 8. The third kappa shape index (κ3) is 5.35. The van der Waals surface area contributed by atoms with Crippen molar-refractivity contribution in [1.29, 1.82) is 0 Å². The van der Waals surface area contributed by atoms with Crippen molar-refractivity contribution in [3.63, 3.8) is 0 Å². The van der Waals surface area contributed by atoms with Gasteiger partial charge in [0.25, 0.3) is 0 Å². The van der Waals surface area contributed by atoms with E-state index in [2.05, 4.69) is 0 Å². The van der Waals surface area contributed by atoms with Gasteiger partial charge >= 0.3 is 0 Å². The van der Waals surface area contributed by atoms with Crippen LogP contribution in [0.5, 0.6) is 11.5 Å². The fourth-order valence-corrected chi connectivity index (χ4v) is 6.13. The predicted molar refractivity (Wildman–Crippen MR) is 126 cm³/mol. The van der Waals surface area contributed by atoms with E-state index in [0.29, 0.717) is 5.75 Å². The van der Waals surface area contributed by atoms with E-state index in [9.17, 15) is 21.6 Å². The minimum atomic E-state index is -3.96. The number of hydrogen-bond donors (Lipinski definition) is 0. The van der Waals surface area contributed by atoms with E-state index in [4.69, 9.17) is 9.47 Å². The number of piperazine rings is 1. The first-order valence-corrected chi connectivity index (χ1v) is 13.4.